The summed E-state index contributed by atoms with van der Waals surface area (Å²) >= 11 is 0. The van der Waals surface area contributed by atoms with Crippen molar-refractivity contribution >= 4 is 23.4 Å². The molecule has 0 radical (unpaired) electrons. The Hall–Kier alpha value is -2.51. The van der Waals surface area contributed by atoms with Gasteiger partial charge in [0.2, 0.25) is 5.91 Å². The van der Waals surface area contributed by atoms with Gasteiger partial charge in [0, 0.05) is 25.1 Å². The van der Waals surface area contributed by atoms with Crippen LogP contribution in [0.4, 0.5) is 5.69 Å². The zero-order chi connectivity index (χ0) is 20.2. The molecule has 7 nitrogen and oxygen atoms in total. The summed E-state index contributed by atoms with van der Waals surface area (Å²) in [6, 6.07) is 7.32. The SMILES string of the molecule is CNCCCNCCCNC(=O)CCCc1ccc(N2C(=O)C=CC2=O)cc1. The number of aryl methyl sites for hydroxylation is 1. The van der Waals surface area contributed by atoms with Crippen molar-refractivity contribution in [2.75, 3.05) is 38.1 Å². The lowest BCUT2D eigenvalue weighted by molar-refractivity contribution is -0.121. The molecule has 0 aromatic heterocycles. The minimum atomic E-state index is -0.317. The summed E-state index contributed by atoms with van der Waals surface area (Å²) in [6.07, 6.45) is 6.60. The molecule has 1 aliphatic heterocycles. The van der Waals surface area contributed by atoms with Crippen LogP contribution in [0, 0.1) is 0 Å². The van der Waals surface area contributed by atoms with Crippen LogP contribution in [0.5, 0.6) is 0 Å². The van der Waals surface area contributed by atoms with Crippen molar-refractivity contribution in [1.82, 2.24) is 16.0 Å². The van der Waals surface area contributed by atoms with Crippen molar-refractivity contribution in [3.05, 3.63) is 42.0 Å². The number of amides is 3. The van der Waals surface area contributed by atoms with E-state index >= 15 is 0 Å². The van der Waals surface area contributed by atoms with Crippen LogP contribution >= 0.6 is 0 Å². The monoisotopic (exact) mass is 386 g/mol. The summed E-state index contributed by atoms with van der Waals surface area (Å²) in [5.41, 5.74) is 1.65. The van der Waals surface area contributed by atoms with Crippen LogP contribution < -0.4 is 20.9 Å². The van der Waals surface area contributed by atoms with Gasteiger partial charge in [-0.15, -0.1) is 0 Å². The van der Waals surface area contributed by atoms with Gasteiger partial charge in [0.25, 0.3) is 11.8 Å². The summed E-state index contributed by atoms with van der Waals surface area (Å²) in [5, 5.41) is 9.40. The quantitative estimate of drug-likeness (QED) is 0.349. The molecule has 0 saturated heterocycles. The van der Waals surface area contributed by atoms with Gasteiger partial charge >= 0.3 is 0 Å². The Labute approximate surface area is 166 Å². The van der Waals surface area contributed by atoms with Gasteiger partial charge in [-0.1, -0.05) is 12.1 Å². The van der Waals surface area contributed by atoms with Crippen LogP contribution in [0.2, 0.25) is 0 Å². The molecule has 0 saturated carbocycles. The third-order valence-electron chi connectivity index (χ3n) is 4.51. The van der Waals surface area contributed by atoms with Crippen LogP contribution in [0.1, 0.15) is 31.2 Å². The zero-order valence-electron chi connectivity index (χ0n) is 16.5. The first-order valence-corrected chi connectivity index (χ1v) is 9.89. The summed E-state index contributed by atoms with van der Waals surface area (Å²) in [7, 11) is 1.95. The van der Waals surface area contributed by atoms with Gasteiger partial charge in [0.1, 0.15) is 0 Å². The Morgan fingerprint density at radius 2 is 1.54 bits per heavy atom. The van der Waals surface area contributed by atoms with Crippen molar-refractivity contribution in [3.8, 4) is 0 Å². The predicted molar refractivity (Wildman–Crippen MR) is 110 cm³/mol. The van der Waals surface area contributed by atoms with Crippen LogP contribution in [0.25, 0.3) is 0 Å². The van der Waals surface area contributed by atoms with E-state index in [1.807, 2.05) is 19.2 Å². The number of benzene rings is 1. The molecular formula is C21H30N4O3. The van der Waals surface area contributed by atoms with E-state index in [4.69, 9.17) is 0 Å². The molecule has 1 aliphatic rings. The second-order valence-corrected chi connectivity index (χ2v) is 6.78. The minimum Gasteiger partial charge on any atom is -0.356 e. The second kappa shape index (κ2) is 12.0. The molecule has 0 fully saturated rings. The van der Waals surface area contributed by atoms with E-state index in [0.29, 0.717) is 18.7 Å². The average molecular weight is 386 g/mol. The minimum absolute atomic E-state index is 0.0751. The molecule has 1 aromatic rings. The molecule has 7 heteroatoms. The summed E-state index contributed by atoms with van der Waals surface area (Å²) in [5.74, 6) is -0.559. The molecule has 2 rings (SSSR count). The van der Waals surface area contributed by atoms with Gasteiger partial charge in [-0.25, -0.2) is 4.90 Å². The maximum absolute atomic E-state index is 11.9. The molecule has 1 aromatic carbocycles. The lowest BCUT2D eigenvalue weighted by Gasteiger charge is -2.14. The van der Waals surface area contributed by atoms with Gasteiger partial charge in [-0.2, -0.15) is 0 Å². The summed E-state index contributed by atoms with van der Waals surface area (Å²) in [4.78, 5) is 36.4. The van der Waals surface area contributed by atoms with Crippen molar-refractivity contribution in [1.29, 1.82) is 0 Å². The topological polar surface area (TPSA) is 90.5 Å². The normalized spacial score (nSPS) is 13.4. The molecular weight excluding hydrogens is 356 g/mol. The third-order valence-corrected chi connectivity index (χ3v) is 4.51. The van der Waals surface area contributed by atoms with Crippen molar-refractivity contribution < 1.29 is 14.4 Å². The molecule has 3 amide bonds. The van der Waals surface area contributed by atoms with Crippen LogP contribution in [0.3, 0.4) is 0 Å². The molecule has 152 valence electrons. The Kier molecular flexibility index (Phi) is 9.37. The molecule has 0 bridgehead atoms. The highest BCUT2D eigenvalue weighted by atomic mass is 16.2. The van der Waals surface area contributed by atoms with Crippen molar-refractivity contribution in [2.24, 2.45) is 0 Å². The predicted octanol–water partition coefficient (Wildman–Crippen LogP) is 1.14. The Morgan fingerprint density at radius 1 is 0.893 bits per heavy atom. The van der Waals surface area contributed by atoms with Crippen LogP contribution in [-0.2, 0) is 20.8 Å². The molecule has 0 spiro atoms. The number of nitrogens with zero attached hydrogens (tertiary/aromatic N) is 1. The van der Waals surface area contributed by atoms with Gasteiger partial charge in [0.05, 0.1) is 5.69 Å². The molecule has 1 heterocycles. The van der Waals surface area contributed by atoms with Crippen molar-refractivity contribution in [3.63, 3.8) is 0 Å². The molecule has 3 N–H and O–H groups in total. The average Bonchev–Trinajstić information content (AvgIpc) is 3.03. The summed E-state index contributed by atoms with van der Waals surface area (Å²) in [6.45, 7) is 3.61. The summed E-state index contributed by atoms with van der Waals surface area (Å²) < 4.78 is 0. The third kappa shape index (κ3) is 7.25. The fourth-order valence-corrected chi connectivity index (χ4v) is 2.96. The highest BCUT2D eigenvalue weighted by Gasteiger charge is 2.24. The van der Waals surface area contributed by atoms with Gasteiger partial charge in [-0.05, 0) is 70.1 Å². The van der Waals surface area contributed by atoms with E-state index in [-0.39, 0.29) is 17.7 Å². The number of hydrogen-bond acceptors (Lipinski definition) is 5. The van der Waals surface area contributed by atoms with E-state index in [2.05, 4.69) is 16.0 Å². The van der Waals surface area contributed by atoms with Gasteiger partial charge in [-0.3, -0.25) is 14.4 Å². The fourth-order valence-electron chi connectivity index (χ4n) is 2.96. The lowest BCUT2D eigenvalue weighted by Crippen LogP contribution is -2.29. The molecule has 0 aliphatic carbocycles. The van der Waals surface area contributed by atoms with Crippen LogP contribution in [0.15, 0.2) is 36.4 Å². The number of rotatable bonds is 13. The first-order chi connectivity index (χ1) is 13.6. The Morgan fingerprint density at radius 3 is 2.18 bits per heavy atom. The van der Waals surface area contributed by atoms with E-state index in [1.54, 1.807) is 12.1 Å². The second-order valence-electron chi connectivity index (χ2n) is 6.78. The Bertz CT molecular complexity index is 667. The van der Waals surface area contributed by atoms with Crippen LogP contribution in [-0.4, -0.2) is 50.9 Å². The van der Waals surface area contributed by atoms with Crippen molar-refractivity contribution in [2.45, 2.75) is 32.1 Å². The van der Waals surface area contributed by atoms with E-state index in [0.717, 1.165) is 55.8 Å². The van der Waals surface area contributed by atoms with E-state index in [9.17, 15) is 14.4 Å². The number of anilines is 1. The maximum atomic E-state index is 11.9. The highest BCUT2D eigenvalue weighted by Crippen LogP contribution is 2.20. The van der Waals surface area contributed by atoms with E-state index < -0.39 is 0 Å². The first kappa shape index (κ1) is 21.8. The maximum Gasteiger partial charge on any atom is 0.258 e. The molecule has 28 heavy (non-hydrogen) atoms. The van der Waals surface area contributed by atoms with E-state index in [1.165, 1.54) is 12.2 Å². The molecule has 0 atom stereocenters. The number of imide groups is 1. The fraction of sp³-hybridized carbons (Fsp3) is 0.476. The van der Waals surface area contributed by atoms with Gasteiger partial charge < -0.3 is 16.0 Å². The zero-order valence-corrected chi connectivity index (χ0v) is 16.5. The standard InChI is InChI=1S/C21H30N4O3/c1-22-13-3-14-23-15-4-16-24-19(26)6-2-5-17-7-9-18(10-8-17)25-20(27)11-12-21(25)28/h7-12,22-23H,2-6,13-16H2,1H3,(H,24,26). The largest absolute Gasteiger partial charge is 0.356 e. The van der Waals surface area contributed by atoms with Gasteiger partial charge in [0.15, 0.2) is 0 Å². The first-order valence-electron chi connectivity index (χ1n) is 9.89. The number of carbonyl (C=O) groups is 3. The highest BCUT2D eigenvalue weighted by molar-refractivity contribution is 6.28. The number of nitrogens with one attached hydrogen (secondary N) is 3. The number of carbonyl (C=O) groups excluding carboxylic acids is 3. The number of hydrogen-bond donors (Lipinski definition) is 3. The smallest absolute Gasteiger partial charge is 0.258 e. The lowest BCUT2D eigenvalue weighted by atomic mass is 10.1. The Balaban J connectivity index is 1.57. The molecule has 0 unspecified atom stereocenters.